The quantitative estimate of drug-likeness (QED) is 0.104. The molecule has 8 heteroatoms. The van der Waals surface area contributed by atoms with Gasteiger partial charge in [-0.1, -0.05) is 36.4 Å². The molecular formula is C30H29N3O5. The van der Waals surface area contributed by atoms with Crippen molar-refractivity contribution in [3.05, 3.63) is 117 Å². The molecule has 0 aliphatic rings. The van der Waals surface area contributed by atoms with Crippen LogP contribution in [0.25, 0.3) is 6.08 Å². The Balaban J connectivity index is 1.88. The topological polar surface area (TPSA) is 114 Å². The minimum Gasteiger partial charge on any atom is -0.490 e. The number of hydrogen-bond donors (Lipinski definition) is 1. The highest BCUT2D eigenvalue weighted by Crippen LogP contribution is 2.35. The third-order valence-corrected chi connectivity index (χ3v) is 5.67. The molecule has 38 heavy (non-hydrogen) atoms. The monoisotopic (exact) mass is 511 g/mol. The molecular weight excluding hydrogens is 482 g/mol. The smallest absolute Gasteiger partial charge is 0.269 e. The molecule has 0 fully saturated rings. The number of amides is 1. The number of non-ortho nitro benzene ring substituents is 1. The van der Waals surface area contributed by atoms with E-state index in [1.807, 2.05) is 56.3 Å². The Bertz CT molecular complexity index is 1360. The van der Waals surface area contributed by atoms with Crippen molar-refractivity contribution in [2.75, 3.05) is 6.61 Å². The normalized spacial score (nSPS) is 11.7. The summed E-state index contributed by atoms with van der Waals surface area (Å²) >= 11 is 0. The molecule has 3 rings (SSSR count). The highest BCUT2D eigenvalue weighted by molar-refractivity contribution is 6.02. The van der Waals surface area contributed by atoms with E-state index in [1.165, 1.54) is 18.2 Å². The Labute approximate surface area is 222 Å². The molecule has 0 spiro atoms. The van der Waals surface area contributed by atoms with Gasteiger partial charge in [0.25, 0.3) is 11.6 Å². The van der Waals surface area contributed by atoms with Crippen molar-refractivity contribution in [3.63, 3.8) is 0 Å². The number of benzene rings is 3. The van der Waals surface area contributed by atoms with Crippen molar-refractivity contribution in [2.24, 2.45) is 0 Å². The molecule has 1 atom stereocenters. The molecule has 0 radical (unpaired) electrons. The summed E-state index contributed by atoms with van der Waals surface area (Å²) in [5, 5.41) is 23.5. The number of nitriles is 1. The Morgan fingerprint density at radius 1 is 1.16 bits per heavy atom. The standard InChI is InChI=1S/C30H29N3O5/c1-4-9-25-16-23(17-26(19-31)30(34)32-21(3)24-10-7-6-8-11-24)18-28(37-5-2)29(25)38-20-22-12-14-27(15-13-22)33(35)36/h4,6-8,10-18,21H,1,5,9,20H2,2-3H3,(H,32,34)/b26-17-/t21-/m0/s1. The maximum absolute atomic E-state index is 12.9. The van der Waals surface area contributed by atoms with E-state index in [0.717, 1.165) is 16.7 Å². The lowest BCUT2D eigenvalue weighted by Gasteiger charge is -2.17. The molecule has 3 aromatic rings. The van der Waals surface area contributed by atoms with Gasteiger partial charge in [0.15, 0.2) is 11.5 Å². The minimum absolute atomic E-state index is 0.00254. The maximum Gasteiger partial charge on any atom is 0.269 e. The Hall–Kier alpha value is -4.90. The Morgan fingerprint density at radius 3 is 2.47 bits per heavy atom. The van der Waals surface area contributed by atoms with Crippen LogP contribution in [0.5, 0.6) is 11.5 Å². The van der Waals surface area contributed by atoms with Crippen LogP contribution in [0, 0.1) is 21.4 Å². The first-order chi connectivity index (χ1) is 18.4. The molecule has 0 saturated heterocycles. The largest absolute Gasteiger partial charge is 0.490 e. The summed E-state index contributed by atoms with van der Waals surface area (Å²) in [5.41, 5.74) is 3.01. The van der Waals surface area contributed by atoms with E-state index in [2.05, 4.69) is 11.9 Å². The average molecular weight is 512 g/mol. The lowest BCUT2D eigenvalue weighted by molar-refractivity contribution is -0.384. The molecule has 0 unspecified atom stereocenters. The van der Waals surface area contributed by atoms with Crippen molar-refractivity contribution >= 4 is 17.7 Å². The van der Waals surface area contributed by atoms with Crippen molar-refractivity contribution in [1.29, 1.82) is 5.26 Å². The number of allylic oxidation sites excluding steroid dienone is 1. The van der Waals surface area contributed by atoms with E-state index in [9.17, 15) is 20.2 Å². The second-order valence-corrected chi connectivity index (χ2v) is 8.42. The maximum atomic E-state index is 12.9. The highest BCUT2D eigenvalue weighted by Gasteiger charge is 2.17. The van der Waals surface area contributed by atoms with Crippen LogP contribution in [-0.2, 0) is 17.8 Å². The first-order valence-corrected chi connectivity index (χ1v) is 12.1. The number of carbonyl (C=O) groups excluding carboxylic acids is 1. The van der Waals surface area contributed by atoms with E-state index in [4.69, 9.17) is 9.47 Å². The summed E-state index contributed by atoms with van der Waals surface area (Å²) in [4.78, 5) is 23.3. The van der Waals surface area contributed by atoms with Gasteiger partial charge < -0.3 is 14.8 Å². The molecule has 0 aliphatic carbocycles. The second kappa shape index (κ2) is 13.4. The number of nitrogens with one attached hydrogen (secondary N) is 1. The lowest BCUT2D eigenvalue weighted by Crippen LogP contribution is -2.27. The van der Waals surface area contributed by atoms with E-state index in [0.29, 0.717) is 30.1 Å². The predicted octanol–water partition coefficient (Wildman–Crippen LogP) is 6.09. The van der Waals surface area contributed by atoms with Gasteiger partial charge in [-0.3, -0.25) is 14.9 Å². The van der Waals surface area contributed by atoms with E-state index in [1.54, 1.807) is 24.3 Å². The van der Waals surface area contributed by atoms with Crippen LogP contribution in [-0.4, -0.2) is 17.4 Å². The fourth-order valence-electron chi connectivity index (χ4n) is 3.78. The number of ether oxygens (including phenoxy) is 2. The number of nitro benzene ring substituents is 1. The molecule has 3 aromatic carbocycles. The summed E-state index contributed by atoms with van der Waals surface area (Å²) in [6.45, 7) is 8.06. The van der Waals surface area contributed by atoms with Gasteiger partial charge >= 0.3 is 0 Å². The summed E-state index contributed by atoms with van der Waals surface area (Å²) in [6, 6.07) is 20.9. The number of rotatable bonds is 12. The van der Waals surface area contributed by atoms with Crippen LogP contribution in [0.4, 0.5) is 5.69 Å². The lowest BCUT2D eigenvalue weighted by atomic mass is 10.0. The van der Waals surface area contributed by atoms with Gasteiger partial charge in [-0.15, -0.1) is 6.58 Å². The zero-order chi connectivity index (χ0) is 27.5. The van der Waals surface area contributed by atoms with Gasteiger partial charge in [-0.05, 0) is 67.3 Å². The van der Waals surface area contributed by atoms with Crippen LogP contribution >= 0.6 is 0 Å². The number of nitro groups is 1. The van der Waals surface area contributed by atoms with Crippen molar-refractivity contribution < 1.29 is 19.2 Å². The second-order valence-electron chi connectivity index (χ2n) is 8.42. The third kappa shape index (κ3) is 7.31. The molecule has 0 bridgehead atoms. The third-order valence-electron chi connectivity index (χ3n) is 5.67. The molecule has 0 heterocycles. The molecule has 194 valence electrons. The first-order valence-electron chi connectivity index (χ1n) is 12.1. The van der Waals surface area contributed by atoms with Gasteiger partial charge in [0.1, 0.15) is 18.2 Å². The Morgan fingerprint density at radius 2 is 1.87 bits per heavy atom. The summed E-state index contributed by atoms with van der Waals surface area (Å²) < 4.78 is 11.9. The number of carbonyl (C=O) groups is 1. The first kappa shape index (κ1) is 27.7. The molecule has 1 amide bonds. The summed E-state index contributed by atoms with van der Waals surface area (Å²) in [7, 11) is 0. The molecule has 1 N–H and O–H groups in total. The molecule has 0 aliphatic heterocycles. The number of hydrogen-bond acceptors (Lipinski definition) is 6. The van der Waals surface area contributed by atoms with E-state index in [-0.39, 0.29) is 23.9 Å². The van der Waals surface area contributed by atoms with Gasteiger partial charge in [-0.25, -0.2) is 0 Å². The van der Waals surface area contributed by atoms with Crippen LogP contribution in [0.2, 0.25) is 0 Å². The van der Waals surface area contributed by atoms with Gasteiger partial charge in [0.05, 0.1) is 17.6 Å². The zero-order valence-electron chi connectivity index (χ0n) is 21.3. The fraction of sp³-hybridized carbons (Fsp3) is 0.200. The fourth-order valence-corrected chi connectivity index (χ4v) is 3.78. The number of nitrogens with zero attached hydrogens (tertiary/aromatic N) is 2. The minimum atomic E-state index is -0.481. The van der Waals surface area contributed by atoms with Gasteiger partial charge in [0.2, 0.25) is 0 Å². The van der Waals surface area contributed by atoms with Crippen LogP contribution < -0.4 is 14.8 Å². The van der Waals surface area contributed by atoms with Gasteiger partial charge in [0, 0.05) is 17.7 Å². The Kier molecular flexibility index (Phi) is 9.78. The highest BCUT2D eigenvalue weighted by atomic mass is 16.6. The SMILES string of the molecule is C=CCc1cc(/C=C(/C#N)C(=O)N[C@@H](C)c2ccccc2)cc(OCC)c1OCc1ccc([N+](=O)[O-])cc1. The van der Waals surface area contributed by atoms with E-state index >= 15 is 0 Å². The van der Waals surface area contributed by atoms with Gasteiger partial charge in [-0.2, -0.15) is 5.26 Å². The molecule has 0 aromatic heterocycles. The van der Waals surface area contributed by atoms with Crippen molar-refractivity contribution in [2.45, 2.75) is 32.9 Å². The molecule has 0 saturated carbocycles. The van der Waals surface area contributed by atoms with Crippen molar-refractivity contribution in [1.82, 2.24) is 5.32 Å². The van der Waals surface area contributed by atoms with Crippen LogP contribution in [0.1, 0.15) is 42.1 Å². The zero-order valence-corrected chi connectivity index (χ0v) is 21.3. The molecule has 8 nitrogen and oxygen atoms in total. The predicted molar refractivity (Wildman–Crippen MR) is 146 cm³/mol. The average Bonchev–Trinajstić information content (AvgIpc) is 2.92. The summed E-state index contributed by atoms with van der Waals surface area (Å²) in [5.74, 6) is 0.476. The van der Waals surface area contributed by atoms with Crippen molar-refractivity contribution in [3.8, 4) is 17.6 Å². The van der Waals surface area contributed by atoms with Crippen LogP contribution in [0.15, 0.2) is 85.0 Å². The van der Waals surface area contributed by atoms with E-state index < -0.39 is 10.8 Å². The summed E-state index contributed by atoms with van der Waals surface area (Å²) in [6.07, 6.45) is 3.69. The van der Waals surface area contributed by atoms with Crippen LogP contribution in [0.3, 0.4) is 0 Å².